The van der Waals surface area contributed by atoms with E-state index in [-0.39, 0.29) is 11.5 Å². The van der Waals surface area contributed by atoms with E-state index < -0.39 is 0 Å². The molecule has 5 nitrogen and oxygen atoms in total. The molecular weight excluding hydrogens is 499 g/mol. The van der Waals surface area contributed by atoms with Crippen molar-refractivity contribution in [2.45, 2.75) is 31.2 Å². The van der Waals surface area contributed by atoms with Crippen LogP contribution in [0.5, 0.6) is 0 Å². The van der Waals surface area contributed by atoms with Crippen LogP contribution in [0.3, 0.4) is 0 Å². The second-order valence-electron chi connectivity index (χ2n) is 6.78. The van der Waals surface area contributed by atoms with Crippen LogP contribution in [0.4, 0.5) is 0 Å². The van der Waals surface area contributed by atoms with E-state index in [1.807, 2.05) is 12.1 Å². The minimum absolute atomic E-state index is 0.122. The zero-order valence-electron chi connectivity index (χ0n) is 16.4. The molecule has 0 bridgehead atoms. The maximum absolute atomic E-state index is 12.4. The standard InChI is InChI=1S/C22H21IN2O3S/c1-13-8-14(2)10-16(9-13)11-18-19(23)20(26)25-22(24-18)29-12-15-4-6-17(7-5-15)21(27)28-3/h4-10H,11-12H2,1-3H3,(H,24,25,26). The maximum atomic E-state index is 12.4. The largest absolute Gasteiger partial charge is 0.465 e. The molecule has 0 unspecified atom stereocenters. The number of thioether (sulfide) groups is 1. The molecule has 0 amide bonds. The quantitative estimate of drug-likeness (QED) is 0.222. The van der Waals surface area contributed by atoms with Gasteiger partial charge in [0.05, 0.1) is 18.4 Å². The molecule has 0 fully saturated rings. The van der Waals surface area contributed by atoms with Crippen LogP contribution >= 0.6 is 34.4 Å². The number of hydrogen-bond acceptors (Lipinski definition) is 5. The molecule has 7 heteroatoms. The van der Waals surface area contributed by atoms with Gasteiger partial charge in [0.2, 0.25) is 0 Å². The number of ether oxygens (including phenoxy) is 1. The first-order valence-corrected chi connectivity index (χ1v) is 11.1. The number of aromatic amines is 1. The Hall–Kier alpha value is -2.13. The highest BCUT2D eigenvalue weighted by atomic mass is 127. The molecule has 0 saturated carbocycles. The average Bonchev–Trinajstić information content (AvgIpc) is 2.69. The molecule has 0 spiro atoms. The molecule has 1 N–H and O–H groups in total. The number of rotatable bonds is 6. The minimum Gasteiger partial charge on any atom is -0.465 e. The van der Waals surface area contributed by atoms with Gasteiger partial charge in [0.1, 0.15) is 3.57 Å². The molecule has 1 heterocycles. The highest BCUT2D eigenvalue weighted by molar-refractivity contribution is 14.1. The first-order valence-electron chi connectivity index (χ1n) is 9.01. The molecule has 0 aliphatic carbocycles. The second kappa shape index (κ2) is 9.58. The van der Waals surface area contributed by atoms with E-state index in [0.29, 0.717) is 26.5 Å². The fraction of sp³-hybridized carbons (Fsp3) is 0.227. The molecule has 29 heavy (non-hydrogen) atoms. The topological polar surface area (TPSA) is 72.0 Å². The van der Waals surface area contributed by atoms with Crippen LogP contribution in [0.25, 0.3) is 0 Å². The first-order chi connectivity index (χ1) is 13.9. The smallest absolute Gasteiger partial charge is 0.337 e. The molecular formula is C22H21IN2O3S. The van der Waals surface area contributed by atoms with Crippen molar-refractivity contribution in [1.82, 2.24) is 9.97 Å². The Bertz CT molecular complexity index is 1070. The molecule has 0 saturated heterocycles. The number of carbonyl (C=O) groups excluding carboxylic acids is 1. The number of halogens is 1. The number of aromatic nitrogens is 2. The number of carbonyl (C=O) groups is 1. The molecule has 0 radical (unpaired) electrons. The van der Waals surface area contributed by atoms with Crippen molar-refractivity contribution in [1.29, 1.82) is 0 Å². The highest BCUT2D eigenvalue weighted by Gasteiger charge is 2.11. The summed E-state index contributed by atoms with van der Waals surface area (Å²) in [5, 5.41) is 0.590. The SMILES string of the molecule is COC(=O)c1ccc(CSc2nc(Cc3cc(C)cc(C)c3)c(I)c(=O)[nH]2)cc1. The third kappa shape index (κ3) is 5.70. The van der Waals surface area contributed by atoms with E-state index in [0.717, 1.165) is 16.8 Å². The van der Waals surface area contributed by atoms with Crippen LogP contribution in [-0.2, 0) is 16.9 Å². The molecule has 3 aromatic rings. The second-order valence-corrected chi connectivity index (χ2v) is 8.82. The van der Waals surface area contributed by atoms with E-state index in [9.17, 15) is 9.59 Å². The van der Waals surface area contributed by atoms with Gasteiger partial charge >= 0.3 is 5.97 Å². The predicted octanol–water partition coefficient (Wildman–Crippen LogP) is 4.66. The fourth-order valence-corrected chi connectivity index (χ4v) is 4.32. The Morgan fingerprint density at radius 3 is 2.38 bits per heavy atom. The number of nitrogens with one attached hydrogen (secondary N) is 1. The number of H-pyrrole nitrogens is 1. The van der Waals surface area contributed by atoms with Gasteiger partial charge in [-0.3, -0.25) is 4.79 Å². The van der Waals surface area contributed by atoms with E-state index >= 15 is 0 Å². The van der Waals surface area contributed by atoms with Crippen molar-refractivity contribution < 1.29 is 9.53 Å². The highest BCUT2D eigenvalue weighted by Crippen LogP contribution is 2.21. The van der Waals surface area contributed by atoms with Crippen LogP contribution < -0.4 is 5.56 Å². The first kappa shape index (κ1) is 21.6. The van der Waals surface area contributed by atoms with Gasteiger partial charge in [0, 0.05) is 12.2 Å². The third-order valence-electron chi connectivity index (χ3n) is 4.31. The fourth-order valence-electron chi connectivity index (χ4n) is 3.04. The summed E-state index contributed by atoms with van der Waals surface area (Å²) >= 11 is 3.52. The monoisotopic (exact) mass is 520 g/mol. The maximum Gasteiger partial charge on any atom is 0.337 e. The van der Waals surface area contributed by atoms with Gasteiger partial charge in [0.25, 0.3) is 5.56 Å². The molecule has 150 valence electrons. The molecule has 1 aromatic heterocycles. The molecule has 0 aliphatic rings. The Balaban J connectivity index is 1.76. The molecule has 3 rings (SSSR count). The summed E-state index contributed by atoms with van der Waals surface area (Å²) in [5.74, 6) is 0.275. The Morgan fingerprint density at radius 1 is 1.10 bits per heavy atom. The summed E-state index contributed by atoms with van der Waals surface area (Å²) in [4.78, 5) is 31.4. The van der Waals surface area contributed by atoms with Crippen LogP contribution in [0.15, 0.2) is 52.4 Å². The summed E-state index contributed by atoms with van der Waals surface area (Å²) in [6.07, 6.45) is 0.617. The normalized spacial score (nSPS) is 10.8. The van der Waals surface area contributed by atoms with Crippen LogP contribution in [-0.4, -0.2) is 23.0 Å². The molecule has 2 aromatic carbocycles. The van der Waals surface area contributed by atoms with Crippen molar-refractivity contribution in [2.75, 3.05) is 7.11 Å². The number of methoxy groups -OCH3 is 1. The van der Waals surface area contributed by atoms with Crippen LogP contribution in [0, 0.1) is 17.4 Å². The lowest BCUT2D eigenvalue weighted by Gasteiger charge is -2.09. The van der Waals surface area contributed by atoms with Gasteiger partial charge in [-0.1, -0.05) is 53.2 Å². The van der Waals surface area contributed by atoms with Crippen molar-refractivity contribution in [3.05, 3.63) is 89.9 Å². The van der Waals surface area contributed by atoms with Crippen molar-refractivity contribution in [3.63, 3.8) is 0 Å². The summed E-state index contributed by atoms with van der Waals surface area (Å²) in [6, 6.07) is 13.6. The van der Waals surface area contributed by atoms with Crippen LogP contribution in [0.2, 0.25) is 0 Å². The van der Waals surface area contributed by atoms with Gasteiger partial charge in [-0.25, -0.2) is 9.78 Å². The summed E-state index contributed by atoms with van der Waals surface area (Å²) in [6.45, 7) is 4.14. The van der Waals surface area contributed by atoms with Crippen molar-refractivity contribution in [3.8, 4) is 0 Å². The predicted molar refractivity (Wildman–Crippen MR) is 124 cm³/mol. The average molecular weight is 520 g/mol. The van der Waals surface area contributed by atoms with E-state index in [1.165, 1.54) is 30.0 Å². The minimum atomic E-state index is -0.358. The Morgan fingerprint density at radius 2 is 1.76 bits per heavy atom. The van der Waals surface area contributed by atoms with E-state index in [1.54, 1.807) is 12.1 Å². The van der Waals surface area contributed by atoms with Gasteiger partial charge in [0.15, 0.2) is 5.16 Å². The van der Waals surface area contributed by atoms with Crippen LogP contribution in [0.1, 0.15) is 38.3 Å². The Labute approximate surface area is 187 Å². The summed E-state index contributed by atoms with van der Waals surface area (Å²) in [7, 11) is 1.36. The van der Waals surface area contributed by atoms with Crippen molar-refractivity contribution in [2.24, 2.45) is 0 Å². The number of esters is 1. The number of aryl methyl sites for hydroxylation is 2. The van der Waals surface area contributed by atoms with E-state index in [2.05, 4.69) is 64.6 Å². The lowest BCUT2D eigenvalue weighted by atomic mass is 10.0. The van der Waals surface area contributed by atoms with Gasteiger partial charge in [-0.15, -0.1) is 0 Å². The Kier molecular flexibility index (Phi) is 7.13. The van der Waals surface area contributed by atoms with Gasteiger partial charge < -0.3 is 9.72 Å². The zero-order valence-corrected chi connectivity index (χ0v) is 19.4. The van der Waals surface area contributed by atoms with Gasteiger partial charge in [-0.05, 0) is 59.7 Å². The number of nitrogens with zero attached hydrogens (tertiary/aromatic N) is 1. The summed E-state index contributed by atoms with van der Waals surface area (Å²) < 4.78 is 5.33. The lowest BCUT2D eigenvalue weighted by molar-refractivity contribution is 0.0600. The van der Waals surface area contributed by atoms with Crippen molar-refractivity contribution >= 4 is 40.3 Å². The zero-order chi connectivity index (χ0) is 21.0. The number of benzene rings is 2. The molecule has 0 aliphatic heterocycles. The summed E-state index contributed by atoms with van der Waals surface area (Å²) in [5.41, 5.74) is 5.74. The third-order valence-corrected chi connectivity index (χ3v) is 6.37. The lowest BCUT2D eigenvalue weighted by Crippen LogP contribution is -2.16. The molecule has 0 atom stereocenters. The number of hydrogen-bond donors (Lipinski definition) is 1. The van der Waals surface area contributed by atoms with Gasteiger partial charge in [-0.2, -0.15) is 0 Å². The van der Waals surface area contributed by atoms with E-state index in [4.69, 9.17) is 4.74 Å².